The Balaban J connectivity index is 0.790. The van der Waals surface area contributed by atoms with E-state index >= 15 is 4.39 Å². The van der Waals surface area contributed by atoms with E-state index < -0.39 is 55.4 Å². The lowest BCUT2D eigenvalue weighted by atomic mass is 9.98. The number of ether oxygens (including phenoxy) is 3. The van der Waals surface area contributed by atoms with Gasteiger partial charge in [-0.1, -0.05) is 39.0 Å². The fraction of sp³-hybridized carbons (Fsp3) is 0.383. The Morgan fingerprint density at radius 2 is 1.49 bits per heavy atom. The van der Waals surface area contributed by atoms with Gasteiger partial charge in [-0.25, -0.2) is 36.5 Å². The Morgan fingerprint density at radius 3 is 2.21 bits per heavy atom. The molecule has 3 aromatic carbocycles. The van der Waals surface area contributed by atoms with Gasteiger partial charge in [0.15, 0.2) is 10.7 Å². The number of amides is 4. The summed E-state index contributed by atoms with van der Waals surface area (Å²) in [5, 5.41) is 12.1. The largest absolute Gasteiger partial charge is 0.382 e. The van der Waals surface area contributed by atoms with Crippen LogP contribution in [0.3, 0.4) is 0 Å². The zero-order valence-corrected chi connectivity index (χ0v) is 40.2. The molecule has 70 heavy (non-hydrogen) atoms. The third kappa shape index (κ3) is 12.6. The predicted molar refractivity (Wildman–Crippen MR) is 254 cm³/mol. The van der Waals surface area contributed by atoms with Crippen LogP contribution >= 0.6 is 11.3 Å². The Kier molecular flexibility index (Phi) is 16.8. The fourth-order valence-electron chi connectivity index (χ4n) is 7.48. The van der Waals surface area contributed by atoms with Crippen molar-refractivity contribution in [3.8, 4) is 21.8 Å². The van der Waals surface area contributed by atoms with Crippen molar-refractivity contribution in [1.82, 2.24) is 30.5 Å². The zero-order chi connectivity index (χ0) is 50.0. The van der Waals surface area contributed by atoms with E-state index in [1.807, 2.05) is 31.6 Å². The number of fused-ring (bicyclic) bond motifs is 1. The molecule has 5 aromatic rings. The van der Waals surface area contributed by atoms with E-state index in [-0.39, 0.29) is 87.3 Å². The average Bonchev–Trinajstić information content (AvgIpc) is 3.91. The minimum atomic E-state index is -4.86. The number of carbonyl (C=O) groups excluding carboxylic acids is 4. The van der Waals surface area contributed by atoms with E-state index in [4.69, 9.17) is 19.2 Å². The third-order valence-electron chi connectivity index (χ3n) is 10.9. The minimum absolute atomic E-state index is 0.0678. The Hall–Kier alpha value is -6.53. The number of anilines is 3. The van der Waals surface area contributed by atoms with Crippen molar-refractivity contribution in [2.45, 2.75) is 62.9 Å². The third-order valence-corrected chi connectivity index (χ3v) is 13.9. The summed E-state index contributed by atoms with van der Waals surface area (Å²) in [7, 11) is -4.86. The number of carbonyl (C=O) groups is 4. The van der Waals surface area contributed by atoms with Crippen LogP contribution in [0.1, 0.15) is 61.0 Å². The molecule has 18 nitrogen and oxygen atoms in total. The summed E-state index contributed by atoms with van der Waals surface area (Å²) >= 11 is 1.28. The van der Waals surface area contributed by atoms with Crippen LogP contribution in [-0.4, -0.2) is 117 Å². The molecular weight excluding hydrogens is 956 g/mol. The van der Waals surface area contributed by atoms with Gasteiger partial charge in [-0.05, 0) is 48.9 Å². The molecule has 1 atom stereocenters. The van der Waals surface area contributed by atoms with E-state index in [1.54, 1.807) is 18.2 Å². The highest BCUT2D eigenvalue weighted by atomic mass is 32.2. The number of imide groups is 1. The van der Waals surface area contributed by atoms with Gasteiger partial charge in [-0.3, -0.25) is 29.2 Å². The average molecular weight is 1010 g/mol. The summed E-state index contributed by atoms with van der Waals surface area (Å²) in [5.74, 6) is -4.65. The number of benzene rings is 3. The summed E-state index contributed by atoms with van der Waals surface area (Å²) in [6.45, 7) is 8.79. The standard InChI is InChI=1S/C47H52F3N9O9S2/c1-47(2,3)45-57-40(29-8-5-12-34(39(29)50)58-70(64,65)42-31(48)9-6-10-32(42)49)41(69-45)35-15-17-53-46(55-35)54-20-24-67-23-19-52-37(60)16-21-66-25-26-68-22-18-51-33-11-4-7-28-30(33)27-59(44(28)63)36-13-14-38(61)56-43(36)62/h4-12,15,17,36,51,58H,13-14,16,18-27H2,1-3H3,(H,52,60)(H,53,54,55)(H,56,61,62). The van der Waals surface area contributed by atoms with Gasteiger partial charge in [-0.2, -0.15) is 0 Å². The van der Waals surface area contributed by atoms with Crippen LogP contribution in [0.15, 0.2) is 71.8 Å². The van der Waals surface area contributed by atoms with Crippen LogP contribution in [0.4, 0.5) is 30.5 Å². The maximum absolute atomic E-state index is 16.2. The molecule has 0 bridgehead atoms. The molecule has 4 amide bonds. The zero-order valence-electron chi connectivity index (χ0n) is 38.5. The summed E-state index contributed by atoms with van der Waals surface area (Å²) in [4.78, 5) is 63.7. The summed E-state index contributed by atoms with van der Waals surface area (Å²) in [5.41, 5.74) is 1.61. The molecule has 0 saturated carbocycles. The second-order valence-corrected chi connectivity index (χ2v) is 19.7. The van der Waals surface area contributed by atoms with Crippen molar-refractivity contribution in [2.24, 2.45) is 0 Å². The molecule has 2 aliphatic rings. The van der Waals surface area contributed by atoms with Crippen molar-refractivity contribution in [3.63, 3.8) is 0 Å². The lowest BCUT2D eigenvalue weighted by Gasteiger charge is -2.29. The van der Waals surface area contributed by atoms with Crippen molar-refractivity contribution < 1.29 is 55.0 Å². The second-order valence-electron chi connectivity index (χ2n) is 17.1. The van der Waals surface area contributed by atoms with Crippen LogP contribution in [-0.2, 0) is 50.6 Å². The topological polar surface area (TPSA) is 232 Å². The Labute approximate surface area is 406 Å². The van der Waals surface area contributed by atoms with Crippen LogP contribution < -0.4 is 26.0 Å². The maximum atomic E-state index is 16.2. The van der Waals surface area contributed by atoms with Crippen molar-refractivity contribution in [2.75, 3.05) is 74.6 Å². The number of nitrogens with zero attached hydrogens (tertiary/aromatic N) is 4. The highest BCUT2D eigenvalue weighted by molar-refractivity contribution is 7.92. The SMILES string of the molecule is CC(C)(C)c1nc(-c2cccc(NS(=O)(=O)c3c(F)cccc3F)c2F)c(-c2ccnc(NCCOCCNC(=O)CCOCCOCCNc3cccc4c3CN(C3CCC(=O)NC3=O)C4=O)n2)s1. The maximum Gasteiger partial charge on any atom is 0.267 e. The van der Waals surface area contributed by atoms with Crippen LogP contribution in [0, 0.1) is 17.5 Å². The number of aromatic nitrogens is 3. The molecule has 0 aliphatic carbocycles. The fourth-order valence-corrected chi connectivity index (χ4v) is 9.79. The minimum Gasteiger partial charge on any atom is -0.382 e. The molecule has 7 rings (SSSR count). The van der Waals surface area contributed by atoms with Gasteiger partial charge in [0.1, 0.15) is 17.7 Å². The first-order valence-electron chi connectivity index (χ1n) is 22.4. The monoisotopic (exact) mass is 1010 g/mol. The normalized spacial score (nSPS) is 14.9. The number of halogens is 3. The smallest absolute Gasteiger partial charge is 0.267 e. The second kappa shape index (κ2) is 22.9. The molecule has 4 heterocycles. The molecule has 0 radical (unpaired) electrons. The number of sulfonamides is 1. The first-order valence-corrected chi connectivity index (χ1v) is 24.7. The molecule has 2 aromatic heterocycles. The van der Waals surface area contributed by atoms with E-state index in [2.05, 4.69) is 31.2 Å². The quantitative estimate of drug-likeness (QED) is 0.0395. The summed E-state index contributed by atoms with van der Waals surface area (Å²) in [6.07, 6.45) is 2.15. The molecule has 2 aliphatic heterocycles. The van der Waals surface area contributed by atoms with Gasteiger partial charge in [0.2, 0.25) is 23.7 Å². The number of piperidine rings is 1. The number of rotatable bonds is 23. The van der Waals surface area contributed by atoms with E-state index in [9.17, 15) is 36.4 Å². The van der Waals surface area contributed by atoms with Crippen molar-refractivity contribution in [1.29, 1.82) is 0 Å². The molecule has 1 fully saturated rings. The number of hydrogen-bond donors (Lipinski definition) is 5. The van der Waals surface area contributed by atoms with Gasteiger partial charge in [0.25, 0.3) is 15.9 Å². The van der Waals surface area contributed by atoms with Gasteiger partial charge >= 0.3 is 0 Å². The number of nitrogens with one attached hydrogen (secondary N) is 5. The molecule has 1 saturated heterocycles. The van der Waals surface area contributed by atoms with Crippen molar-refractivity contribution in [3.05, 3.63) is 100 Å². The highest BCUT2D eigenvalue weighted by Crippen LogP contribution is 2.42. The predicted octanol–water partition coefficient (Wildman–Crippen LogP) is 5.62. The molecule has 5 N–H and O–H groups in total. The van der Waals surface area contributed by atoms with Gasteiger partial charge in [0.05, 0.1) is 66.6 Å². The van der Waals surface area contributed by atoms with E-state index in [0.29, 0.717) is 53.9 Å². The lowest BCUT2D eigenvalue weighted by Crippen LogP contribution is -2.52. The van der Waals surface area contributed by atoms with Crippen LogP contribution in [0.2, 0.25) is 0 Å². The van der Waals surface area contributed by atoms with Gasteiger partial charge in [-0.15, -0.1) is 11.3 Å². The number of thiazole rings is 1. The molecule has 1 unspecified atom stereocenters. The lowest BCUT2D eigenvalue weighted by molar-refractivity contribution is -0.137. The van der Waals surface area contributed by atoms with Gasteiger partial charge in [0, 0.05) is 73.0 Å². The Bertz CT molecular complexity index is 2830. The number of hydrogen-bond acceptors (Lipinski definition) is 15. The van der Waals surface area contributed by atoms with E-state index in [1.165, 1.54) is 34.6 Å². The summed E-state index contributed by atoms with van der Waals surface area (Å²) in [6, 6.07) is 12.9. The first kappa shape index (κ1) is 51.3. The Morgan fingerprint density at radius 1 is 0.829 bits per heavy atom. The molecule has 0 spiro atoms. The highest BCUT2D eigenvalue weighted by Gasteiger charge is 2.40. The van der Waals surface area contributed by atoms with Gasteiger partial charge < -0.3 is 35.1 Å². The van der Waals surface area contributed by atoms with Crippen molar-refractivity contribution >= 4 is 62.3 Å². The van der Waals surface area contributed by atoms with E-state index in [0.717, 1.165) is 35.5 Å². The molecular formula is C47H52F3N9O9S2. The van der Waals surface area contributed by atoms with Crippen LogP contribution in [0.25, 0.3) is 21.8 Å². The first-order chi connectivity index (χ1) is 33.5. The molecule has 372 valence electrons. The molecule has 23 heteroatoms. The summed E-state index contributed by atoms with van der Waals surface area (Å²) < 4.78 is 89.9. The van der Waals surface area contributed by atoms with Crippen LogP contribution in [0.5, 0.6) is 0 Å².